The monoisotopic (exact) mass is 262 g/mol. The van der Waals surface area contributed by atoms with Crippen molar-refractivity contribution >= 4 is 0 Å². The van der Waals surface area contributed by atoms with Crippen molar-refractivity contribution in [2.45, 2.75) is 40.7 Å². The van der Waals surface area contributed by atoms with Gasteiger partial charge in [-0.25, -0.2) is 0 Å². The number of benzene rings is 1. The molecule has 1 unspecified atom stereocenters. The van der Waals surface area contributed by atoms with Crippen molar-refractivity contribution < 1.29 is 9.64 Å². The molecular weight excluding hydrogens is 234 g/mol. The Morgan fingerprint density at radius 1 is 1.11 bits per heavy atom. The third-order valence-corrected chi connectivity index (χ3v) is 4.37. The van der Waals surface area contributed by atoms with E-state index in [4.69, 9.17) is 4.74 Å². The van der Waals surface area contributed by atoms with E-state index in [1.165, 1.54) is 36.2 Å². The van der Waals surface area contributed by atoms with Crippen LogP contribution < -0.4 is 9.64 Å². The maximum absolute atomic E-state index is 5.40. The van der Waals surface area contributed by atoms with Gasteiger partial charge in [0.1, 0.15) is 12.3 Å². The SMILES string of the molecule is COc1cc(C)c(C[NH+]2C[C@H](C)C[C@H](C)C2)cc1C. The summed E-state index contributed by atoms with van der Waals surface area (Å²) in [5, 5.41) is 0. The summed E-state index contributed by atoms with van der Waals surface area (Å²) in [4.78, 5) is 1.74. The first-order chi connectivity index (χ1) is 8.99. The molecule has 1 saturated heterocycles. The molecule has 2 rings (SSSR count). The van der Waals surface area contributed by atoms with Gasteiger partial charge in [-0.3, -0.25) is 0 Å². The van der Waals surface area contributed by atoms with Gasteiger partial charge in [0.15, 0.2) is 0 Å². The predicted molar refractivity (Wildman–Crippen MR) is 79.8 cm³/mol. The molecule has 1 N–H and O–H groups in total. The molecule has 106 valence electrons. The van der Waals surface area contributed by atoms with E-state index < -0.39 is 0 Å². The van der Waals surface area contributed by atoms with Crippen molar-refractivity contribution in [1.82, 2.24) is 0 Å². The lowest BCUT2D eigenvalue weighted by molar-refractivity contribution is -0.925. The zero-order valence-electron chi connectivity index (χ0n) is 13.0. The highest BCUT2D eigenvalue weighted by Gasteiger charge is 2.25. The standard InChI is InChI=1S/C17H27NO/c1-12-6-13(2)10-18(9-12)11-16-7-15(4)17(19-5)8-14(16)3/h7-8,12-13H,6,9-11H2,1-5H3/p+1/t12-,13+. The van der Waals surface area contributed by atoms with Gasteiger partial charge < -0.3 is 9.64 Å². The van der Waals surface area contributed by atoms with Crippen LogP contribution in [-0.2, 0) is 6.54 Å². The highest BCUT2D eigenvalue weighted by Crippen LogP contribution is 2.22. The minimum Gasteiger partial charge on any atom is -0.496 e. The second kappa shape index (κ2) is 5.96. The summed E-state index contributed by atoms with van der Waals surface area (Å²) < 4.78 is 5.40. The Morgan fingerprint density at radius 2 is 1.74 bits per heavy atom. The number of ether oxygens (including phenoxy) is 1. The van der Waals surface area contributed by atoms with Gasteiger partial charge in [-0.2, -0.15) is 0 Å². The van der Waals surface area contributed by atoms with Crippen molar-refractivity contribution in [1.29, 1.82) is 0 Å². The van der Waals surface area contributed by atoms with Crippen LogP contribution in [0.4, 0.5) is 0 Å². The Balaban J connectivity index is 2.12. The summed E-state index contributed by atoms with van der Waals surface area (Å²) >= 11 is 0. The zero-order valence-corrected chi connectivity index (χ0v) is 13.0. The van der Waals surface area contributed by atoms with E-state index in [0.717, 1.165) is 24.1 Å². The molecule has 0 aliphatic carbocycles. The van der Waals surface area contributed by atoms with Crippen LogP contribution in [0.15, 0.2) is 12.1 Å². The lowest BCUT2D eigenvalue weighted by atomic mass is 9.91. The topological polar surface area (TPSA) is 13.7 Å². The fourth-order valence-electron chi connectivity index (χ4n) is 3.60. The predicted octanol–water partition coefficient (Wildman–Crippen LogP) is 2.37. The van der Waals surface area contributed by atoms with Crippen LogP contribution in [0.1, 0.15) is 37.0 Å². The molecule has 19 heavy (non-hydrogen) atoms. The van der Waals surface area contributed by atoms with Crippen molar-refractivity contribution in [2.75, 3.05) is 20.2 Å². The van der Waals surface area contributed by atoms with Gasteiger partial charge in [-0.1, -0.05) is 13.8 Å². The molecule has 1 aromatic carbocycles. The van der Waals surface area contributed by atoms with Crippen LogP contribution in [0.25, 0.3) is 0 Å². The molecule has 1 aromatic rings. The quantitative estimate of drug-likeness (QED) is 0.883. The van der Waals surface area contributed by atoms with Gasteiger partial charge in [0.2, 0.25) is 0 Å². The number of nitrogens with one attached hydrogen (secondary N) is 1. The van der Waals surface area contributed by atoms with Crippen molar-refractivity contribution in [3.63, 3.8) is 0 Å². The Hall–Kier alpha value is -1.02. The van der Waals surface area contributed by atoms with E-state index in [1.807, 2.05) is 0 Å². The first-order valence-corrected chi connectivity index (χ1v) is 7.47. The lowest BCUT2D eigenvalue weighted by Gasteiger charge is -2.32. The maximum Gasteiger partial charge on any atom is 0.122 e. The molecule has 0 saturated carbocycles. The normalized spacial score (nSPS) is 27.3. The second-order valence-corrected chi connectivity index (χ2v) is 6.53. The number of hydrogen-bond acceptors (Lipinski definition) is 1. The summed E-state index contributed by atoms with van der Waals surface area (Å²) in [5.41, 5.74) is 4.09. The zero-order chi connectivity index (χ0) is 14.0. The van der Waals surface area contributed by atoms with E-state index >= 15 is 0 Å². The van der Waals surface area contributed by atoms with Crippen molar-refractivity contribution in [2.24, 2.45) is 11.8 Å². The fourth-order valence-corrected chi connectivity index (χ4v) is 3.60. The van der Waals surface area contributed by atoms with E-state index in [1.54, 1.807) is 12.0 Å². The van der Waals surface area contributed by atoms with E-state index in [9.17, 15) is 0 Å². The second-order valence-electron chi connectivity index (χ2n) is 6.53. The molecule has 0 amide bonds. The Labute approximate surface area is 117 Å². The lowest BCUT2D eigenvalue weighted by Crippen LogP contribution is -3.13. The molecule has 0 bridgehead atoms. The number of aryl methyl sites for hydroxylation is 2. The molecule has 0 radical (unpaired) electrons. The van der Waals surface area contributed by atoms with Crippen LogP contribution >= 0.6 is 0 Å². The third-order valence-electron chi connectivity index (χ3n) is 4.37. The summed E-state index contributed by atoms with van der Waals surface area (Å²) in [6, 6.07) is 4.49. The molecule has 0 aromatic heterocycles. The molecule has 0 spiro atoms. The largest absolute Gasteiger partial charge is 0.496 e. The van der Waals surface area contributed by atoms with Crippen LogP contribution in [0, 0.1) is 25.7 Å². The molecule has 3 atom stereocenters. The number of quaternary nitrogens is 1. The van der Waals surface area contributed by atoms with Crippen LogP contribution in [0.5, 0.6) is 5.75 Å². The van der Waals surface area contributed by atoms with E-state index in [0.29, 0.717) is 0 Å². The highest BCUT2D eigenvalue weighted by atomic mass is 16.5. The number of rotatable bonds is 3. The third kappa shape index (κ3) is 3.50. The Kier molecular flexibility index (Phi) is 4.51. The van der Waals surface area contributed by atoms with Crippen molar-refractivity contribution in [3.05, 3.63) is 28.8 Å². The van der Waals surface area contributed by atoms with Crippen LogP contribution in [0.2, 0.25) is 0 Å². The van der Waals surface area contributed by atoms with Gasteiger partial charge in [0, 0.05) is 17.4 Å². The first kappa shape index (κ1) is 14.4. The molecule has 1 aliphatic heterocycles. The van der Waals surface area contributed by atoms with Gasteiger partial charge in [-0.15, -0.1) is 0 Å². The Morgan fingerprint density at radius 3 is 2.32 bits per heavy atom. The molecular formula is C17H28NO+. The first-order valence-electron chi connectivity index (χ1n) is 7.47. The maximum atomic E-state index is 5.40. The number of likely N-dealkylation sites (tertiary alicyclic amines) is 1. The summed E-state index contributed by atoms with van der Waals surface area (Å²) in [7, 11) is 1.75. The van der Waals surface area contributed by atoms with Crippen LogP contribution in [-0.4, -0.2) is 20.2 Å². The average Bonchev–Trinajstić information content (AvgIpc) is 2.32. The molecule has 2 heteroatoms. The van der Waals surface area contributed by atoms with Gasteiger partial charge in [0.05, 0.1) is 20.2 Å². The molecule has 2 nitrogen and oxygen atoms in total. The molecule has 1 heterocycles. The summed E-state index contributed by atoms with van der Waals surface area (Å²) in [5.74, 6) is 2.73. The van der Waals surface area contributed by atoms with Crippen LogP contribution in [0.3, 0.4) is 0 Å². The smallest absolute Gasteiger partial charge is 0.122 e. The average molecular weight is 262 g/mol. The molecule has 1 aliphatic rings. The Bertz CT molecular complexity index is 431. The van der Waals surface area contributed by atoms with Gasteiger partial charge in [0.25, 0.3) is 0 Å². The minimum atomic E-state index is 0.860. The number of piperidine rings is 1. The number of methoxy groups -OCH3 is 1. The van der Waals surface area contributed by atoms with E-state index in [2.05, 4.69) is 39.8 Å². The number of hydrogen-bond donors (Lipinski definition) is 1. The fraction of sp³-hybridized carbons (Fsp3) is 0.647. The minimum absolute atomic E-state index is 0.860. The van der Waals surface area contributed by atoms with Crippen molar-refractivity contribution in [3.8, 4) is 5.75 Å². The summed E-state index contributed by atoms with van der Waals surface area (Å²) in [6.45, 7) is 12.9. The molecule has 1 fully saturated rings. The van der Waals surface area contributed by atoms with Gasteiger partial charge in [-0.05, 0) is 43.5 Å². The van der Waals surface area contributed by atoms with Gasteiger partial charge >= 0.3 is 0 Å². The summed E-state index contributed by atoms with van der Waals surface area (Å²) in [6.07, 6.45) is 1.39. The van der Waals surface area contributed by atoms with E-state index in [-0.39, 0.29) is 0 Å². The highest BCUT2D eigenvalue weighted by molar-refractivity contribution is 5.41.